The molecule has 1 heterocycles. The lowest BCUT2D eigenvalue weighted by Gasteiger charge is -2.23. The van der Waals surface area contributed by atoms with E-state index in [0.29, 0.717) is 23.9 Å². The van der Waals surface area contributed by atoms with Gasteiger partial charge in [0.25, 0.3) is 5.91 Å². The number of nitrogens with zero attached hydrogens (tertiary/aromatic N) is 3. The molecule has 0 spiro atoms. The summed E-state index contributed by atoms with van der Waals surface area (Å²) in [5, 5.41) is 3.99. The summed E-state index contributed by atoms with van der Waals surface area (Å²) in [7, 11) is 1.64. The Balaban J connectivity index is 2.80. The van der Waals surface area contributed by atoms with Crippen LogP contribution < -0.4 is 0 Å². The number of carbonyl (C=O) groups is 1. The average Bonchev–Trinajstić information content (AvgIpc) is 2.81. The highest BCUT2D eigenvalue weighted by Crippen LogP contribution is 2.15. The number of hydrogen-bond acceptors (Lipinski definition) is 5. The molecule has 1 aromatic rings. The van der Waals surface area contributed by atoms with Gasteiger partial charge in [-0.05, 0) is 23.9 Å². The Morgan fingerprint density at radius 2 is 2.22 bits per heavy atom. The highest BCUT2D eigenvalue weighted by molar-refractivity contribution is 7.07. The molecule has 0 saturated carbocycles. The lowest BCUT2D eigenvalue weighted by molar-refractivity contribution is 0.0676. The van der Waals surface area contributed by atoms with Gasteiger partial charge in [0.15, 0.2) is 0 Å². The van der Waals surface area contributed by atoms with Gasteiger partial charge in [0.1, 0.15) is 4.88 Å². The van der Waals surface area contributed by atoms with Gasteiger partial charge in [0, 0.05) is 20.2 Å². The molecule has 6 heteroatoms. The third-order valence-corrected chi connectivity index (χ3v) is 3.28. The quantitative estimate of drug-likeness (QED) is 0.759. The molecule has 0 aliphatic rings. The van der Waals surface area contributed by atoms with Gasteiger partial charge in [-0.25, -0.2) is 0 Å². The molecule has 0 aromatic carbocycles. The van der Waals surface area contributed by atoms with E-state index in [0.717, 1.165) is 18.7 Å². The first-order valence-corrected chi connectivity index (χ1v) is 6.96. The fourth-order valence-electron chi connectivity index (χ4n) is 1.66. The minimum atomic E-state index is 0.0209. The Bertz CT molecular complexity index is 379. The minimum Gasteiger partial charge on any atom is -0.383 e. The van der Waals surface area contributed by atoms with E-state index in [4.69, 9.17) is 4.74 Å². The van der Waals surface area contributed by atoms with Crippen LogP contribution in [-0.2, 0) is 11.2 Å². The summed E-state index contributed by atoms with van der Waals surface area (Å²) in [4.78, 5) is 14.9. The number of ether oxygens (including phenoxy) is 1. The standard InChI is InChI=1S/C12H21N3O2S/c1-5-10-11(18-14-13-10)12(16)15(6-7-17-4)8-9(2)3/h9H,5-8H2,1-4H3. The van der Waals surface area contributed by atoms with Gasteiger partial charge in [-0.1, -0.05) is 25.3 Å². The number of aromatic nitrogens is 2. The van der Waals surface area contributed by atoms with E-state index < -0.39 is 0 Å². The fraction of sp³-hybridized carbons (Fsp3) is 0.750. The predicted molar refractivity (Wildman–Crippen MR) is 71.9 cm³/mol. The van der Waals surface area contributed by atoms with Crippen LogP contribution in [-0.4, -0.2) is 47.2 Å². The van der Waals surface area contributed by atoms with Crippen LogP contribution in [0.25, 0.3) is 0 Å². The van der Waals surface area contributed by atoms with Crippen LogP contribution in [0.2, 0.25) is 0 Å². The van der Waals surface area contributed by atoms with Gasteiger partial charge in [0.2, 0.25) is 0 Å². The van der Waals surface area contributed by atoms with Crippen molar-refractivity contribution in [2.75, 3.05) is 26.8 Å². The van der Waals surface area contributed by atoms with Crippen molar-refractivity contribution in [2.45, 2.75) is 27.2 Å². The summed E-state index contributed by atoms with van der Waals surface area (Å²) in [6, 6.07) is 0. The van der Waals surface area contributed by atoms with E-state index in [1.165, 1.54) is 11.5 Å². The van der Waals surface area contributed by atoms with Crippen molar-refractivity contribution >= 4 is 17.4 Å². The second-order valence-corrected chi connectivity index (χ2v) is 5.29. The summed E-state index contributed by atoms with van der Waals surface area (Å²) in [5.41, 5.74) is 0.788. The number of amides is 1. The number of methoxy groups -OCH3 is 1. The third-order valence-electron chi connectivity index (χ3n) is 2.52. The molecule has 0 atom stereocenters. The lowest BCUT2D eigenvalue weighted by atomic mass is 10.2. The van der Waals surface area contributed by atoms with Crippen LogP contribution in [0.1, 0.15) is 36.1 Å². The van der Waals surface area contributed by atoms with Gasteiger partial charge >= 0.3 is 0 Å². The highest BCUT2D eigenvalue weighted by atomic mass is 32.1. The maximum atomic E-state index is 12.4. The van der Waals surface area contributed by atoms with E-state index in [2.05, 4.69) is 23.4 Å². The summed E-state index contributed by atoms with van der Waals surface area (Å²) in [5.74, 6) is 0.448. The monoisotopic (exact) mass is 271 g/mol. The predicted octanol–water partition coefficient (Wildman–Crippen LogP) is 1.85. The Morgan fingerprint density at radius 1 is 1.50 bits per heavy atom. The summed E-state index contributed by atoms with van der Waals surface area (Å²) >= 11 is 1.18. The SMILES string of the molecule is CCc1nnsc1C(=O)N(CCOC)CC(C)C. The average molecular weight is 271 g/mol. The Kier molecular flexibility index (Phi) is 6.21. The fourth-order valence-corrected chi connectivity index (χ4v) is 2.38. The van der Waals surface area contributed by atoms with Crippen LogP contribution in [0.5, 0.6) is 0 Å². The zero-order valence-corrected chi connectivity index (χ0v) is 12.3. The molecule has 0 N–H and O–H groups in total. The van der Waals surface area contributed by atoms with Crippen LogP contribution in [0.4, 0.5) is 0 Å². The van der Waals surface area contributed by atoms with Gasteiger partial charge in [-0.15, -0.1) is 5.10 Å². The number of carbonyl (C=O) groups excluding carboxylic acids is 1. The molecule has 5 nitrogen and oxygen atoms in total. The van der Waals surface area contributed by atoms with E-state index in [9.17, 15) is 4.79 Å². The molecule has 0 unspecified atom stereocenters. The molecule has 0 radical (unpaired) electrons. The van der Waals surface area contributed by atoms with Crippen LogP contribution in [0, 0.1) is 5.92 Å². The molecule has 18 heavy (non-hydrogen) atoms. The van der Waals surface area contributed by atoms with E-state index in [1.54, 1.807) is 7.11 Å². The zero-order chi connectivity index (χ0) is 13.5. The normalized spacial score (nSPS) is 10.9. The summed E-state index contributed by atoms with van der Waals surface area (Å²) < 4.78 is 8.93. The smallest absolute Gasteiger partial charge is 0.267 e. The summed E-state index contributed by atoms with van der Waals surface area (Å²) in [6.45, 7) is 8.05. The molecule has 1 amide bonds. The van der Waals surface area contributed by atoms with Gasteiger partial charge in [-0.2, -0.15) is 0 Å². The first-order chi connectivity index (χ1) is 8.60. The number of hydrogen-bond donors (Lipinski definition) is 0. The Hall–Kier alpha value is -1.01. The topological polar surface area (TPSA) is 55.3 Å². The highest BCUT2D eigenvalue weighted by Gasteiger charge is 2.22. The molecule has 1 aromatic heterocycles. The first-order valence-electron chi connectivity index (χ1n) is 6.19. The van der Waals surface area contributed by atoms with Crippen molar-refractivity contribution in [2.24, 2.45) is 5.92 Å². The zero-order valence-electron chi connectivity index (χ0n) is 11.5. The number of rotatable bonds is 7. The van der Waals surface area contributed by atoms with Gasteiger partial charge in [-0.3, -0.25) is 4.79 Å². The van der Waals surface area contributed by atoms with Crippen molar-refractivity contribution in [3.8, 4) is 0 Å². The van der Waals surface area contributed by atoms with E-state index in [-0.39, 0.29) is 5.91 Å². The van der Waals surface area contributed by atoms with Crippen molar-refractivity contribution in [3.63, 3.8) is 0 Å². The van der Waals surface area contributed by atoms with E-state index in [1.807, 2.05) is 11.8 Å². The molecule has 0 fully saturated rings. The third kappa shape index (κ3) is 4.03. The molecule has 0 bridgehead atoms. The summed E-state index contributed by atoms with van der Waals surface area (Å²) in [6.07, 6.45) is 0.734. The second kappa shape index (κ2) is 7.43. The molecular weight excluding hydrogens is 250 g/mol. The van der Waals surface area contributed by atoms with E-state index >= 15 is 0 Å². The van der Waals surface area contributed by atoms with Gasteiger partial charge in [0.05, 0.1) is 12.3 Å². The van der Waals surface area contributed by atoms with Crippen molar-refractivity contribution in [1.29, 1.82) is 0 Å². The largest absolute Gasteiger partial charge is 0.383 e. The van der Waals surface area contributed by atoms with Crippen molar-refractivity contribution < 1.29 is 9.53 Å². The maximum Gasteiger partial charge on any atom is 0.267 e. The molecule has 0 aliphatic carbocycles. The molecular formula is C12H21N3O2S. The maximum absolute atomic E-state index is 12.4. The Labute approximate surface area is 112 Å². The van der Waals surface area contributed by atoms with Crippen molar-refractivity contribution in [3.05, 3.63) is 10.6 Å². The lowest BCUT2D eigenvalue weighted by Crippen LogP contribution is -2.36. The Morgan fingerprint density at radius 3 is 2.78 bits per heavy atom. The molecule has 0 aliphatic heterocycles. The van der Waals surface area contributed by atoms with Crippen LogP contribution >= 0.6 is 11.5 Å². The molecule has 1 rings (SSSR count). The minimum absolute atomic E-state index is 0.0209. The van der Waals surface area contributed by atoms with Gasteiger partial charge < -0.3 is 9.64 Å². The van der Waals surface area contributed by atoms with Crippen molar-refractivity contribution in [1.82, 2.24) is 14.5 Å². The molecule has 0 saturated heterocycles. The second-order valence-electron chi connectivity index (χ2n) is 4.54. The first kappa shape index (κ1) is 15.0. The molecule has 102 valence electrons. The van der Waals surface area contributed by atoms with Crippen LogP contribution in [0.3, 0.4) is 0 Å². The van der Waals surface area contributed by atoms with Crippen LogP contribution in [0.15, 0.2) is 0 Å². The number of aryl methyl sites for hydroxylation is 1.